The van der Waals surface area contributed by atoms with E-state index in [9.17, 15) is 9.59 Å². The molecule has 3 aromatic rings. The number of amides is 2. The quantitative estimate of drug-likeness (QED) is 0.381. The molecular weight excluding hydrogens is 460 g/mol. The summed E-state index contributed by atoms with van der Waals surface area (Å²) >= 11 is 0. The summed E-state index contributed by atoms with van der Waals surface area (Å²) in [6.07, 6.45) is 0.412. The van der Waals surface area contributed by atoms with E-state index in [0.29, 0.717) is 18.7 Å². The Morgan fingerprint density at radius 3 is 2.11 bits per heavy atom. The average molecular weight is 501 g/mol. The summed E-state index contributed by atoms with van der Waals surface area (Å²) in [7, 11) is 0. The highest BCUT2D eigenvalue weighted by molar-refractivity contribution is 5.88. The summed E-state index contributed by atoms with van der Waals surface area (Å²) in [4.78, 5) is 28.9. The number of hydrogen-bond donors (Lipinski definition) is 1. The molecule has 196 valence electrons. The van der Waals surface area contributed by atoms with Gasteiger partial charge >= 0.3 is 0 Å². The molecule has 0 aliphatic rings. The maximum atomic E-state index is 13.8. The molecular formula is C32H40N2O3. The lowest BCUT2D eigenvalue weighted by molar-refractivity contribution is -0.143. The number of para-hydroxylation sites is 1. The fourth-order valence-electron chi connectivity index (χ4n) is 4.26. The van der Waals surface area contributed by atoms with Crippen LogP contribution >= 0.6 is 0 Å². The molecule has 0 saturated heterocycles. The minimum atomic E-state index is -0.680. The highest BCUT2D eigenvalue weighted by Gasteiger charge is 2.31. The Morgan fingerprint density at radius 2 is 1.49 bits per heavy atom. The molecule has 2 amide bonds. The molecule has 0 heterocycles. The van der Waals surface area contributed by atoms with Gasteiger partial charge in [-0.3, -0.25) is 9.59 Å². The van der Waals surface area contributed by atoms with Gasteiger partial charge in [-0.15, -0.1) is 0 Å². The van der Waals surface area contributed by atoms with Crippen molar-refractivity contribution in [2.45, 2.75) is 72.0 Å². The van der Waals surface area contributed by atoms with Gasteiger partial charge in [-0.2, -0.15) is 0 Å². The molecule has 0 spiro atoms. The number of carbonyl (C=O) groups excluding carboxylic acids is 2. The van der Waals surface area contributed by atoms with Crippen LogP contribution < -0.4 is 10.1 Å². The second-order valence-corrected chi connectivity index (χ2v) is 10.9. The molecule has 0 bridgehead atoms. The van der Waals surface area contributed by atoms with E-state index in [2.05, 4.69) is 26.1 Å². The van der Waals surface area contributed by atoms with Crippen LogP contribution in [0.1, 0.15) is 56.9 Å². The molecule has 0 unspecified atom stereocenters. The van der Waals surface area contributed by atoms with Crippen LogP contribution in [-0.4, -0.2) is 35.4 Å². The topological polar surface area (TPSA) is 58.6 Å². The van der Waals surface area contributed by atoms with E-state index in [1.54, 1.807) is 4.90 Å². The van der Waals surface area contributed by atoms with Gasteiger partial charge in [0.25, 0.3) is 5.91 Å². The van der Waals surface area contributed by atoms with Gasteiger partial charge in [-0.05, 0) is 48.9 Å². The van der Waals surface area contributed by atoms with Crippen LogP contribution in [0.25, 0.3) is 0 Å². The molecule has 1 atom stereocenters. The number of aryl methyl sites for hydroxylation is 1. The summed E-state index contributed by atoms with van der Waals surface area (Å²) in [5.41, 5.74) is 4.00. The van der Waals surface area contributed by atoms with Crippen molar-refractivity contribution in [3.05, 3.63) is 101 Å². The van der Waals surface area contributed by atoms with E-state index in [-0.39, 0.29) is 29.9 Å². The average Bonchev–Trinajstić information content (AvgIpc) is 2.85. The number of hydrogen-bond acceptors (Lipinski definition) is 3. The SMILES string of the molecule is Cc1ccc(CN(C(=O)COc2ccccc2C(C)(C)C)[C@H](Cc2ccccc2)C(=O)NC(C)C)cc1. The molecule has 0 aliphatic heterocycles. The van der Waals surface area contributed by atoms with E-state index in [0.717, 1.165) is 22.3 Å². The maximum absolute atomic E-state index is 13.8. The Bertz CT molecular complexity index is 1160. The van der Waals surface area contributed by atoms with Gasteiger partial charge in [-0.25, -0.2) is 0 Å². The summed E-state index contributed by atoms with van der Waals surface area (Å²) < 4.78 is 6.10. The maximum Gasteiger partial charge on any atom is 0.261 e. The first-order valence-corrected chi connectivity index (χ1v) is 13.0. The van der Waals surface area contributed by atoms with Gasteiger partial charge in [-0.1, -0.05) is 99.1 Å². The Morgan fingerprint density at radius 1 is 0.865 bits per heavy atom. The number of benzene rings is 3. The third-order valence-corrected chi connectivity index (χ3v) is 6.22. The van der Waals surface area contributed by atoms with Crippen molar-refractivity contribution in [1.29, 1.82) is 0 Å². The Hall–Kier alpha value is -3.60. The molecule has 37 heavy (non-hydrogen) atoms. The third-order valence-electron chi connectivity index (χ3n) is 6.22. The first kappa shape index (κ1) is 28.0. The van der Waals surface area contributed by atoms with Gasteiger partial charge in [0, 0.05) is 19.0 Å². The minimum Gasteiger partial charge on any atom is -0.483 e. The summed E-state index contributed by atoms with van der Waals surface area (Å²) in [5.74, 6) is 0.281. The van der Waals surface area contributed by atoms with E-state index in [1.165, 1.54) is 0 Å². The minimum absolute atomic E-state index is 0.0444. The molecule has 3 rings (SSSR count). The molecule has 0 radical (unpaired) electrons. The van der Waals surface area contributed by atoms with Crippen molar-refractivity contribution in [3.8, 4) is 5.75 Å². The monoisotopic (exact) mass is 500 g/mol. The van der Waals surface area contributed by atoms with E-state index in [4.69, 9.17) is 4.74 Å². The molecule has 5 heteroatoms. The molecule has 0 saturated carbocycles. The van der Waals surface area contributed by atoms with E-state index < -0.39 is 6.04 Å². The third kappa shape index (κ3) is 8.21. The fourth-order valence-corrected chi connectivity index (χ4v) is 4.26. The van der Waals surface area contributed by atoms with Crippen molar-refractivity contribution in [2.75, 3.05) is 6.61 Å². The highest BCUT2D eigenvalue weighted by Crippen LogP contribution is 2.31. The number of rotatable bonds is 10. The van der Waals surface area contributed by atoms with Crippen molar-refractivity contribution in [1.82, 2.24) is 10.2 Å². The molecule has 3 aromatic carbocycles. The van der Waals surface area contributed by atoms with Crippen LogP contribution in [0.15, 0.2) is 78.9 Å². The summed E-state index contributed by atoms with van der Waals surface area (Å²) in [6.45, 7) is 12.4. The lowest BCUT2D eigenvalue weighted by atomic mass is 9.86. The lowest BCUT2D eigenvalue weighted by Crippen LogP contribution is -2.52. The second-order valence-electron chi connectivity index (χ2n) is 10.9. The first-order valence-electron chi connectivity index (χ1n) is 13.0. The fraction of sp³-hybridized carbons (Fsp3) is 0.375. The van der Waals surface area contributed by atoms with E-state index in [1.807, 2.05) is 99.6 Å². The van der Waals surface area contributed by atoms with E-state index >= 15 is 0 Å². The van der Waals surface area contributed by atoms with Crippen LogP contribution in [-0.2, 0) is 28.0 Å². The Labute approximate surface area is 221 Å². The molecule has 5 nitrogen and oxygen atoms in total. The number of ether oxygens (including phenoxy) is 1. The van der Waals surface area contributed by atoms with Gasteiger partial charge in [0.2, 0.25) is 5.91 Å². The normalized spacial score (nSPS) is 12.2. The smallest absolute Gasteiger partial charge is 0.261 e. The number of carbonyl (C=O) groups is 2. The van der Waals surface area contributed by atoms with Crippen LogP contribution in [0.4, 0.5) is 0 Å². The Kier molecular flexibility index (Phi) is 9.51. The zero-order valence-electron chi connectivity index (χ0n) is 23.0. The van der Waals surface area contributed by atoms with Gasteiger partial charge in [0.05, 0.1) is 0 Å². The molecule has 0 fully saturated rings. The van der Waals surface area contributed by atoms with Crippen LogP contribution in [0.3, 0.4) is 0 Å². The van der Waals surface area contributed by atoms with Crippen molar-refractivity contribution >= 4 is 11.8 Å². The largest absolute Gasteiger partial charge is 0.483 e. The highest BCUT2D eigenvalue weighted by atomic mass is 16.5. The lowest BCUT2D eigenvalue weighted by Gasteiger charge is -2.32. The zero-order valence-corrected chi connectivity index (χ0v) is 23.0. The van der Waals surface area contributed by atoms with Crippen LogP contribution in [0.5, 0.6) is 5.75 Å². The Balaban J connectivity index is 1.93. The van der Waals surface area contributed by atoms with Crippen LogP contribution in [0.2, 0.25) is 0 Å². The predicted octanol–water partition coefficient (Wildman–Crippen LogP) is 5.84. The first-order chi connectivity index (χ1) is 17.5. The molecule has 0 aromatic heterocycles. The summed E-state index contributed by atoms with van der Waals surface area (Å²) in [5, 5.41) is 3.02. The summed E-state index contributed by atoms with van der Waals surface area (Å²) in [6, 6.07) is 25.0. The number of nitrogens with one attached hydrogen (secondary N) is 1. The number of nitrogens with zero attached hydrogens (tertiary/aromatic N) is 1. The second kappa shape index (κ2) is 12.6. The van der Waals surface area contributed by atoms with Crippen molar-refractivity contribution < 1.29 is 14.3 Å². The zero-order chi connectivity index (χ0) is 27.0. The van der Waals surface area contributed by atoms with Gasteiger partial charge in [0.15, 0.2) is 6.61 Å². The molecule has 0 aliphatic carbocycles. The standard InChI is InChI=1S/C32H40N2O3/c1-23(2)33-31(36)28(20-25-12-8-7-9-13-25)34(21-26-18-16-24(3)17-19-26)30(35)22-37-29-15-11-10-14-27(29)32(4,5)6/h7-19,23,28H,20-22H2,1-6H3,(H,33,36)/t28-/m1/s1. The van der Waals surface area contributed by atoms with Crippen LogP contribution in [0, 0.1) is 6.92 Å². The predicted molar refractivity (Wildman–Crippen MR) is 150 cm³/mol. The van der Waals surface area contributed by atoms with Crippen molar-refractivity contribution in [3.63, 3.8) is 0 Å². The van der Waals surface area contributed by atoms with Gasteiger partial charge < -0.3 is 15.0 Å². The molecule has 1 N–H and O–H groups in total. The van der Waals surface area contributed by atoms with Gasteiger partial charge in [0.1, 0.15) is 11.8 Å². The van der Waals surface area contributed by atoms with Crippen molar-refractivity contribution in [2.24, 2.45) is 0 Å².